The maximum atomic E-state index is 10.4. The van der Waals surface area contributed by atoms with Gasteiger partial charge in [-0.2, -0.15) is 0 Å². The average Bonchev–Trinajstić information content (AvgIpc) is 2.16. The zero-order valence-electron chi connectivity index (χ0n) is 9.41. The Bertz CT molecular complexity index is 334. The van der Waals surface area contributed by atoms with E-state index >= 15 is 0 Å². The third kappa shape index (κ3) is 4.27. The summed E-state index contributed by atoms with van der Waals surface area (Å²) in [5.41, 5.74) is 1.85. The fourth-order valence-corrected chi connectivity index (χ4v) is 1.73. The van der Waals surface area contributed by atoms with E-state index in [2.05, 4.69) is 25.0 Å². The van der Waals surface area contributed by atoms with Gasteiger partial charge in [-0.25, -0.2) is 0 Å². The lowest BCUT2D eigenvalue weighted by Gasteiger charge is -2.18. The van der Waals surface area contributed by atoms with E-state index in [-0.39, 0.29) is 0 Å². The Balaban J connectivity index is 2.71. The maximum absolute atomic E-state index is 10.4. The second-order valence-corrected chi connectivity index (χ2v) is 8.83. The first kappa shape index (κ1) is 11.9. The quantitative estimate of drug-likeness (QED) is 0.615. The molecule has 0 aliphatic carbocycles. The molecule has 0 unspecified atom stereocenters. The second kappa shape index (κ2) is 5.09. The van der Waals surface area contributed by atoms with Crippen LogP contribution in [0, 0.1) is 0 Å². The van der Waals surface area contributed by atoms with Crippen molar-refractivity contribution in [3.8, 4) is 0 Å². The molecule has 0 bridgehead atoms. The number of rotatable bonds is 5. The molecule has 0 spiro atoms. The van der Waals surface area contributed by atoms with Gasteiger partial charge in [-0.1, -0.05) is 18.2 Å². The monoisotopic (exact) mass is 223 g/mol. The van der Waals surface area contributed by atoms with Crippen LogP contribution >= 0.6 is 0 Å². The fraction of sp³-hybridized carbons (Fsp3) is 0.364. The van der Waals surface area contributed by atoms with Crippen LogP contribution < -0.4 is 5.32 Å². The van der Waals surface area contributed by atoms with Crippen molar-refractivity contribution in [2.75, 3.05) is 5.32 Å². The highest BCUT2D eigenvalue weighted by Crippen LogP contribution is 2.17. The van der Waals surface area contributed by atoms with Crippen molar-refractivity contribution in [1.82, 2.24) is 0 Å². The number of hydrogen-bond acceptors (Lipinski definition) is 2. The first-order valence-electron chi connectivity index (χ1n) is 4.95. The number of hydrogen-bond donors (Lipinski definition) is 1. The Labute approximate surface area is 91.6 Å². The summed E-state index contributed by atoms with van der Waals surface area (Å²) in [6.45, 7) is 6.99. The molecule has 3 nitrogen and oxygen atoms in total. The van der Waals surface area contributed by atoms with Gasteiger partial charge in [0.1, 0.15) is 0 Å². The van der Waals surface area contributed by atoms with E-state index < -0.39 is 8.32 Å². The van der Waals surface area contributed by atoms with E-state index in [0.717, 1.165) is 11.3 Å². The van der Waals surface area contributed by atoms with E-state index in [1.807, 2.05) is 24.3 Å². The van der Waals surface area contributed by atoms with Crippen LogP contribution in [0.1, 0.15) is 5.56 Å². The standard InChI is InChI=1S/C11H17NO2Si/c1-15(2,3)14-8-10-6-4-5-7-11(10)12-9-13/h4-7,9H,8H2,1-3H3,(H,12,13). The van der Waals surface area contributed by atoms with E-state index in [9.17, 15) is 4.79 Å². The number of para-hydroxylation sites is 1. The van der Waals surface area contributed by atoms with Crippen molar-refractivity contribution >= 4 is 20.4 Å². The summed E-state index contributed by atoms with van der Waals surface area (Å²) in [7, 11) is -1.50. The van der Waals surface area contributed by atoms with Crippen molar-refractivity contribution < 1.29 is 9.22 Å². The number of amides is 1. The molecule has 0 heterocycles. The minimum atomic E-state index is -1.50. The molecule has 1 amide bonds. The van der Waals surface area contributed by atoms with Crippen LogP contribution in [-0.2, 0) is 15.8 Å². The first-order valence-corrected chi connectivity index (χ1v) is 8.36. The summed E-state index contributed by atoms with van der Waals surface area (Å²) in [5, 5.41) is 2.67. The van der Waals surface area contributed by atoms with Crippen molar-refractivity contribution in [2.24, 2.45) is 0 Å². The van der Waals surface area contributed by atoms with Crippen LogP contribution in [0.5, 0.6) is 0 Å². The lowest BCUT2D eigenvalue weighted by atomic mass is 10.2. The molecule has 1 aromatic rings. The third-order valence-electron chi connectivity index (χ3n) is 1.89. The van der Waals surface area contributed by atoms with Gasteiger partial charge < -0.3 is 9.74 Å². The van der Waals surface area contributed by atoms with Gasteiger partial charge in [-0.15, -0.1) is 0 Å². The Hall–Kier alpha value is -1.13. The highest BCUT2D eigenvalue weighted by atomic mass is 28.4. The molecule has 1 N–H and O–H groups in total. The summed E-state index contributed by atoms with van der Waals surface area (Å²) in [6.07, 6.45) is 0.688. The number of nitrogens with one attached hydrogen (secondary N) is 1. The van der Waals surface area contributed by atoms with Crippen molar-refractivity contribution in [2.45, 2.75) is 26.2 Å². The van der Waals surface area contributed by atoms with Gasteiger partial charge in [-0.3, -0.25) is 4.79 Å². The van der Waals surface area contributed by atoms with Gasteiger partial charge in [0.15, 0.2) is 8.32 Å². The van der Waals surface area contributed by atoms with Crippen LogP contribution in [0.25, 0.3) is 0 Å². The highest BCUT2D eigenvalue weighted by Gasteiger charge is 2.14. The van der Waals surface area contributed by atoms with Crippen LogP contribution in [0.15, 0.2) is 24.3 Å². The molecule has 0 aliphatic heterocycles. The van der Waals surface area contributed by atoms with E-state index in [0.29, 0.717) is 13.0 Å². The Morgan fingerprint density at radius 2 is 2.00 bits per heavy atom. The van der Waals surface area contributed by atoms with Gasteiger partial charge in [-0.05, 0) is 31.3 Å². The third-order valence-corrected chi connectivity index (χ3v) is 2.90. The maximum Gasteiger partial charge on any atom is 0.211 e. The molecular weight excluding hydrogens is 206 g/mol. The van der Waals surface area contributed by atoms with Crippen LogP contribution in [-0.4, -0.2) is 14.7 Å². The van der Waals surface area contributed by atoms with E-state index in [1.54, 1.807) is 0 Å². The zero-order chi connectivity index (χ0) is 11.3. The molecule has 0 fully saturated rings. The Morgan fingerprint density at radius 3 is 2.60 bits per heavy atom. The van der Waals surface area contributed by atoms with Gasteiger partial charge in [0.2, 0.25) is 6.41 Å². The number of carbonyl (C=O) groups excluding carboxylic acids is 1. The summed E-state index contributed by atoms with van der Waals surface area (Å²) < 4.78 is 5.79. The number of benzene rings is 1. The van der Waals surface area contributed by atoms with Crippen molar-refractivity contribution in [3.63, 3.8) is 0 Å². The highest BCUT2D eigenvalue weighted by molar-refractivity contribution is 6.69. The molecule has 0 aliphatic rings. The van der Waals surface area contributed by atoms with E-state index in [4.69, 9.17) is 4.43 Å². The van der Waals surface area contributed by atoms with Crippen LogP contribution in [0.2, 0.25) is 19.6 Å². The van der Waals surface area contributed by atoms with Crippen LogP contribution in [0.3, 0.4) is 0 Å². The predicted octanol–water partition coefficient (Wildman–Crippen LogP) is 2.61. The molecule has 82 valence electrons. The van der Waals surface area contributed by atoms with Gasteiger partial charge in [0.25, 0.3) is 0 Å². The first-order chi connectivity index (χ1) is 7.03. The molecule has 15 heavy (non-hydrogen) atoms. The summed E-state index contributed by atoms with van der Waals surface area (Å²) in [5.74, 6) is 0. The molecule has 0 saturated carbocycles. The smallest absolute Gasteiger partial charge is 0.211 e. The van der Waals surface area contributed by atoms with Crippen LogP contribution in [0.4, 0.5) is 5.69 Å². The molecule has 1 rings (SSSR count). The van der Waals surface area contributed by atoms with Crippen molar-refractivity contribution in [1.29, 1.82) is 0 Å². The number of carbonyl (C=O) groups is 1. The van der Waals surface area contributed by atoms with Gasteiger partial charge in [0.05, 0.1) is 6.61 Å². The lowest BCUT2D eigenvalue weighted by Crippen LogP contribution is -2.25. The average molecular weight is 223 g/mol. The molecular formula is C11H17NO2Si. The summed E-state index contributed by atoms with van der Waals surface area (Å²) >= 11 is 0. The van der Waals surface area contributed by atoms with Gasteiger partial charge >= 0.3 is 0 Å². The largest absolute Gasteiger partial charge is 0.413 e. The minimum Gasteiger partial charge on any atom is -0.413 e. The second-order valence-electron chi connectivity index (χ2n) is 4.32. The summed E-state index contributed by atoms with van der Waals surface area (Å²) in [4.78, 5) is 10.4. The lowest BCUT2D eigenvalue weighted by molar-refractivity contribution is -0.105. The topological polar surface area (TPSA) is 38.3 Å². The molecule has 0 saturated heterocycles. The molecule has 4 heteroatoms. The number of anilines is 1. The predicted molar refractivity (Wildman–Crippen MR) is 64.3 cm³/mol. The fourth-order valence-electron chi connectivity index (χ4n) is 1.14. The SMILES string of the molecule is C[Si](C)(C)OCc1ccccc1NC=O. The van der Waals surface area contributed by atoms with Gasteiger partial charge in [0, 0.05) is 5.69 Å². The molecule has 1 aromatic carbocycles. The Kier molecular flexibility index (Phi) is 4.05. The Morgan fingerprint density at radius 1 is 1.33 bits per heavy atom. The zero-order valence-corrected chi connectivity index (χ0v) is 10.4. The van der Waals surface area contributed by atoms with E-state index in [1.165, 1.54) is 0 Å². The molecule has 0 aromatic heterocycles. The normalized spacial score (nSPS) is 11.1. The molecule has 0 radical (unpaired) electrons. The molecule has 0 atom stereocenters. The minimum absolute atomic E-state index is 0.562. The summed E-state index contributed by atoms with van der Waals surface area (Å²) in [6, 6.07) is 7.67. The van der Waals surface area contributed by atoms with Crippen molar-refractivity contribution in [3.05, 3.63) is 29.8 Å².